The van der Waals surface area contributed by atoms with Gasteiger partial charge in [0.15, 0.2) is 20.5 Å². The summed E-state index contributed by atoms with van der Waals surface area (Å²) in [6.45, 7) is 1.82. The van der Waals surface area contributed by atoms with Crippen molar-refractivity contribution in [1.82, 2.24) is 0 Å². The molecule has 6 rings (SSSR count). The second-order valence-electron chi connectivity index (χ2n) is 10.4. The molecule has 0 unspecified atom stereocenters. The Bertz CT molecular complexity index is 2060. The highest BCUT2D eigenvalue weighted by molar-refractivity contribution is 7.99. The number of benzene rings is 6. The van der Waals surface area contributed by atoms with Crippen molar-refractivity contribution < 1.29 is 26.5 Å². The highest BCUT2D eigenvalue weighted by Crippen LogP contribution is 2.37. The number of hydrogen-bond donors (Lipinski definition) is 0. The van der Waals surface area contributed by atoms with Gasteiger partial charge in [0.25, 0.3) is 0 Å². The van der Waals surface area contributed by atoms with Crippen molar-refractivity contribution in [1.29, 1.82) is 0 Å². The molecule has 0 aliphatic heterocycles. The molecule has 0 saturated heterocycles. The van der Waals surface area contributed by atoms with E-state index in [4.69, 9.17) is 11.6 Å². The molecule has 0 radical (unpaired) electrons. The Morgan fingerprint density at radius 2 is 1.17 bits per heavy atom. The maximum Gasteiger partial charge on any atom is 0.193 e. The topological polar surface area (TPSA) is 74.3 Å². The molecule has 6 aromatic carbocycles. The molecular formula is C38H27ClF2O4S3. The monoisotopic (exact) mass is 716 g/mol. The van der Waals surface area contributed by atoms with Crippen LogP contribution in [0.15, 0.2) is 175 Å². The summed E-state index contributed by atoms with van der Waals surface area (Å²) < 4.78 is 58.3. The summed E-state index contributed by atoms with van der Waals surface area (Å²) in [6.07, 6.45) is 0. The van der Waals surface area contributed by atoms with Crippen molar-refractivity contribution in [2.24, 2.45) is 0 Å². The van der Waals surface area contributed by atoms with Crippen molar-refractivity contribution in [3.63, 3.8) is 0 Å². The zero-order valence-corrected chi connectivity index (χ0v) is 28.6. The van der Waals surface area contributed by atoms with E-state index in [1.54, 1.807) is 60.7 Å². The predicted octanol–water partition coefficient (Wildman–Crippen LogP) is 9.99. The molecule has 6 aromatic rings. The first-order chi connectivity index (χ1) is 23.0. The molecule has 0 atom stereocenters. The number of ketones is 1. The molecule has 48 heavy (non-hydrogen) atoms. The molecule has 0 aliphatic rings. The minimum absolute atomic E-state index is 0.0722. The molecule has 10 heteroatoms. The van der Waals surface area contributed by atoms with Gasteiger partial charge in [0.05, 0.1) is 20.8 Å². The van der Waals surface area contributed by atoms with Gasteiger partial charge < -0.3 is 4.55 Å². The molecule has 0 heterocycles. The van der Waals surface area contributed by atoms with Crippen LogP contribution in [0.1, 0.15) is 21.5 Å². The molecular weight excluding hydrogens is 690 g/mol. The third-order valence-electron chi connectivity index (χ3n) is 6.93. The largest absolute Gasteiger partial charge is 0.744 e. The maximum atomic E-state index is 13.6. The van der Waals surface area contributed by atoms with E-state index in [1.807, 2.05) is 55.5 Å². The Hall–Kier alpha value is -4.25. The van der Waals surface area contributed by atoms with E-state index < -0.39 is 21.0 Å². The minimum Gasteiger partial charge on any atom is -0.744 e. The fourth-order valence-electron chi connectivity index (χ4n) is 4.51. The van der Waals surface area contributed by atoms with Crippen LogP contribution in [0.25, 0.3) is 0 Å². The van der Waals surface area contributed by atoms with E-state index in [9.17, 15) is 26.5 Å². The van der Waals surface area contributed by atoms with Crippen molar-refractivity contribution in [3.8, 4) is 0 Å². The fraction of sp³-hybridized carbons (Fsp3) is 0.0263. The van der Waals surface area contributed by atoms with E-state index in [1.165, 1.54) is 48.2 Å². The number of carbonyl (C=O) groups is 1. The average molecular weight is 717 g/mol. The van der Waals surface area contributed by atoms with Gasteiger partial charge in [-0.15, -0.1) is 0 Å². The quantitative estimate of drug-likeness (QED) is 0.0891. The summed E-state index contributed by atoms with van der Waals surface area (Å²) >= 11 is 8.05. The standard InChI is InChI=1S/C31H20ClF2OS2.C7H8O3S/c32-29-20-22(31(35)21-4-2-1-3-5-21)6-19-30(29)36-25-11-17-28(18-12-25)37(26-13-7-23(33)8-14-26)27-15-9-24(34)10-16-27;1-6-2-4-7(5-3-6)11(8,9)10/h1-20H;2-5H,1H3,(H,8,9,10)/q+1;/p-1. The van der Waals surface area contributed by atoms with Crippen LogP contribution >= 0.6 is 23.4 Å². The van der Waals surface area contributed by atoms with Gasteiger partial charge >= 0.3 is 0 Å². The molecule has 242 valence electrons. The summed E-state index contributed by atoms with van der Waals surface area (Å²) in [5, 5.41) is 0.508. The first-order valence-electron chi connectivity index (χ1n) is 14.4. The second kappa shape index (κ2) is 15.8. The van der Waals surface area contributed by atoms with Gasteiger partial charge in [-0.2, -0.15) is 0 Å². The minimum atomic E-state index is -4.27. The van der Waals surface area contributed by atoms with Crippen LogP contribution in [-0.2, 0) is 21.0 Å². The highest BCUT2D eigenvalue weighted by Gasteiger charge is 2.29. The summed E-state index contributed by atoms with van der Waals surface area (Å²) in [7, 11) is -4.79. The number of hydrogen-bond acceptors (Lipinski definition) is 5. The molecule has 0 aromatic heterocycles. The average Bonchev–Trinajstić information content (AvgIpc) is 3.08. The predicted molar refractivity (Wildman–Crippen MR) is 186 cm³/mol. The zero-order chi connectivity index (χ0) is 34.3. The molecule has 0 fully saturated rings. The van der Waals surface area contributed by atoms with E-state index in [0.29, 0.717) is 16.1 Å². The van der Waals surface area contributed by atoms with E-state index >= 15 is 0 Å². The second-order valence-corrected chi connectivity index (χ2v) is 15.3. The van der Waals surface area contributed by atoms with E-state index in [2.05, 4.69) is 0 Å². The van der Waals surface area contributed by atoms with Crippen molar-refractivity contribution in [2.75, 3.05) is 0 Å². The lowest BCUT2D eigenvalue weighted by Gasteiger charge is -2.10. The number of carbonyl (C=O) groups excluding carboxylic acids is 1. The first-order valence-corrected chi connectivity index (χ1v) is 18.3. The van der Waals surface area contributed by atoms with Gasteiger partial charge in [0.2, 0.25) is 0 Å². The fourth-order valence-corrected chi connectivity index (χ4v) is 8.13. The molecule has 0 aliphatic carbocycles. The van der Waals surface area contributed by atoms with E-state index in [0.717, 1.165) is 30.0 Å². The van der Waals surface area contributed by atoms with E-state index in [-0.39, 0.29) is 22.3 Å². The van der Waals surface area contributed by atoms with Gasteiger partial charge in [0.1, 0.15) is 21.8 Å². The van der Waals surface area contributed by atoms with Crippen molar-refractivity contribution >= 4 is 50.2 Å². The summed E-state index contributed by atoms with van der Waals surface area (Å²) in [5.74, 6) is -0.671. The normalized spacial score (nSPS) is 11.1. The van der Waals surface area contributed by atoms with Crippen LogP contribution in [-0.4, -0.2) is 18.8 Å². The van der Waals surface area contributed by atoms with Gasteiger partial charge in [-0.3, -0.25) is 4.79 Å². The Balaban J connectivity index is 0.000000349. The Labute approximate surface area is 290 Å². The van der Waals surface area contributed by atoms with Crippen molar-refractivity contribution in [3.05, 3.63) is 179 Å². The highest BCUT2D eigenvalue weighted by atomic mass is 35.5. The van der Waals surface area contributed by atoms with Crippen LogP contribution in [0.2, 0.25) is 5.02 Å². The molecule has 0 bridgehead atoms. The third-order valence-corrected chi connectivity index (χ3v) is 11.5. The van der Waals surface area contributed by atoms with Gasteiger partial charge in [0, 0.05) is 20.9 Å². The third kappa shape index (κ3) is 9.21. The van der Waals surface area contributed by atoms with Crippen LogP contribution in [0, 0.1) is 18.6 Å². The molecule has 4 nitrogen and oxygen atoms in total. The smallest absolute Gasteiger partial charge is 0.193 e. The lowest BCUT2D eigenvalue weighted by atomic mass is 10.0. The summed E-state index contributed by atoms with van der Waals surface area (Å²) in [5.41, 5.74) is 2.09. The number of rotatable bonds is 8. The van der Waals surface area contributed by atoms with Crippen molar-refractivity contribution in [2.45, 2.75) is 36.3 Å². The van der Waals surface area contributed by atoms with Crippen LogP contribution in [0.5, 0.6) is 0 Å². The SMILES string of the molecule is Cc1ccc(S(=O)(=O)[O-])cc1.O=C(c1ccccc1)c1ccc(Sc2ccc([S+](c3ccc(F)cc3)c3ccc(F)cc3)cc2)c(Cl)c1. The number of aryl methyl sites for hydroxylation is 1. The van der Waals surface area contributed by atoms with Gasteiger partial charge in [-0.1, -0.05) is 71.4 Å². The first kappa shape index (κ1) is 35.1. The molecule has 0 saturated carbocycles. The Morgan fingerprint density at radius 3 is 1.65 bits per heavy atom. The van der Waals surface area contributed by atoms with Gasteiger partial charge in [-0.05, 0) is 110 Å². The maximum absolute atomic E-state index is 13.6. The summed E-state index contributed by atoms with van der Waals surface area (Å²) in [6, 6.07) is 41.1. The molecule has 0 amide bonds. The van der Waals surface area contributed by atoms with Crippen LogP contribution < -0.4 is 0 Å². The van der Waals surface area contributed by atoms with Gasteiger partial charge in [-0.25, -0.2) is 17.2 Å². The molecule has 0 N–H and O–H groups in total. The lowest BCUT2D eigenvalue weighted by molar-refractivity contribution is 0.103. The zero-order valence-electron chi connectivity index (χ0n) is 25.3. The lowest BCUT2D eigenvalue weighted by Crippen LogP contribution is -2.05. The molecule has 0 spiro atoms. The summed E-state index contributed by atoms with van der Waals surface area (Å²) in [4.78, 5) is 17.3. The number of halogens is 3. The Morgan fingerprint density at radius 1 is 0.667 bits per heavy atom. The van der Waals surface area contributed by atoms with Crippen LogP contribution in [0.4, 0.5) is 8.78 Å². The van der Waals surface area contributed by atoms with Crippen LogP contribution in [0.3, 0.4) is 0 Å². The Kier molecular flexibility index (Phi) is 11.5.